The highest BCUT2D eigenvalue weighted by atomic mass is 16.3. The smallest absolute Gasteiger partial charge is 0.145 e. The lowest BCUT2D eigenvalue weighted by molar-refractivity contribution is 0.478. The number of para-hydroxylation sites is 1. The number of benzene rings is 5. The third kappa shape index (κ3) is 5.22. The first-order valence-corrected chi connectivity index (χ1v) is 16.3. The van der Waals surface area contributed by atoms with Crippen LogP contribution in [0, 0.1) is 0 Å². The minimum atomic E-state index is -0.126. The lowest BCUT2D eigenvalue weighted by Gasteiger charge is -2.23. The van der Waals surface area contributed by atoms with Crippen LogP contribution in [0.4, 0.5) is 0 Å². The van der Waals surface area contributed by atoms with Gasteiger partial charge < -0.3 is 5.11 Å². The van der Waals surface area contributed by atoms with E-state index in [2.05, 4.69) is 110 Å². The van der Waals surface area contributed by atoms with Gasteiger partial charge in [-0.25, -0.2) is 9.97 Å². The van der Waals surface area contributed by atoms with Gasteiger partial charge in [0.1, 0.15) is 11.4 Å². The molecule has 3 heterocycles. The molecule has 0 fully saturated rings. The third-order valence-corrected chi connectivity index (χ3v) is 9.10. The maximum Gasteiger partial charge on any atom is 0.145 e. The minimum absolute atomic E-state index is 0.126. The van der Waals surface area contributed by atoms with Crippen molar-refractivity contribution in [2.75, 3.05) is 0 Å². The molecule has 0 aliphatic carbocycles. The zero-order chi connectivity index (χ0) is 32.8. The van der Waals surface area contributed by atoms with Gasteiger partial charge in [0.15, 0.2) is 0 Å². The molecule has 0 amide bonds. The second kappa shape index (κ2) is 11.7. The fourth-order valence-corrected chi connectivity index (χ4v) is 6.59. The molecule has 5 aromatic carbocycles. The van der Waals surface area contributed by atoms with E-state index in [9.17, 15) is 5.11 Å². The summed E-state index contributed by atoms with van der Waals surface area (Å²) in [6, 6.07) is 50.0. The second-order valence-corrected chi connectivity index (χ2v) is 13.3. The van der Waals surface area contributed by atoms with Crippen LogP contribution in [0.1, 0.15) is 26.3 Å². The largest absolute Gasteiger partial charge is 0.507 e. The highest BCUT2D eigenvalue weighted by molar-refractivity contribution is 6.08. The Balaban J connectivity index is 1.34. The fraction of sp³-hybridized carbons (Fsp3) is 0.0909. The first-order chi connectivity index (χ1) is 23.3. The molecule has 8 rings (SSSR count). The van der Waals surface area contributed by atoms with Crippen LogP contribution in [0.2, 0.25) is 0 Å². The van der Waals surface area contributed by atoms with Crippen molar-refractivity contribution in [2.24, 2.45) is 0 Å². The lowest BCUT2D eigenvalue weighted by Crippen LogP contribution is -2.11. The molecule has 0 spiro atoms. The number of hydrogen-bond donors (Lipinski definition) is 1. The maximum atomic E-state index is 11.8. The Morgan fingerprint density at radius 2 is 1.19 bits per heavy atom. The number of pyridine rings is 2. The number of rotatable bonds is 5. The van der Waals surface area contributed by atoms with Crippen molar-refractivity contribution >= 4 is 21.9 Å². The van der Waals surface area contributed by atoms with E-state index in [0.29, 0.717) is 5.56 Å². The predicted molar refractivity (Wildman–Crippen MR) is 198 cm³/mol. The predicted octanol–water partition coefficient (Wildman–Crippen LogP) is 11.2. The molecule has 3 aromatic heterocycles. The number of aromatic nitrogens is 3. The Morgan fingerprint density at radius 1 is 0.542 bits per heavy atom. The molecule has 4 heteroatoms. The van der Waals surface area contributed by atoms with Gasteiger partial charge in [-0.15, -0.1) is 0 Å². The monoisotopic (exact) mass is 621 g/mol. The highest BCUT2D eigenvalue weighted by Gasteiger charge is 2.22. The summed E-state index contributed by atoms with van der Waals surface area (Å²) in [4.78, 5) is 10.1. The van der Waals surface area contributed by atoms with Gasteiger partial charge >= 0.3 is 0 Å². The molecule has 0 saturated heterocycles. The average molecular weight is 622 g/mol. The van der Waals surface area contributed by atoms with Crippen LogP contribution in [-0.4, -0.2) is 19.6 Å². The number of phenols is 1. The number of hydrogen-bond acceptors (Lipinski definition) is 3. The Labute approximate surface area is 280 Å². The van der Waals surface area contributed by atoms with Crippen molar-refractivity contribution in [3.05, 3.63) is 157 Å². The molecule has 0 aliphatic rings. The highest BCUT2D eigenvalue weighted by Crippen LogP contribution is 2.42. The Kier molecular flexibility index (Phi) is 7.14. The molecule has 0 saturated carbocycles. The molecule has 232 valence electrons. The van der Waals surface area contributed by atoms with Crippen LogP contribution in [0.5, 0.6) is 5.75 Å². The molecule has 0 radical (unpaired) electrons. The normalized spacial score (nSPS) is 11.7. The van der Waals surface area contributed by atoms with Crippen LogP contribution in [-0.2, 0) is 5.41 Å². The zero-order valence-electron chi connectivity index (χ0n) is 27.2. The van der Waals surface area contributed by atoms with Crippen LogP contribution < -0.4 is 0 Å². The molecule has 8 aromatic rings. The molecule has 1 N–H and O–H groups in total. The van der Waals surface area contributed by atoms with Crippen LogP contribution in [0.15, 0.2) is 152 Å². The maximum absolute atomic E-state index is 11.8. The third-order valence-electron chi connectivity index (χ3n) is 9.10. The van der Waals surface area contributed by atoms with Gasteiger partial charge in [0.25, 0.3) is 0 Å². The molecule has 0 bridgehead atoms. The quantitative estimate of drug-likeness (QED) is 0.208. The van der Waals surface area contributed by atoms with Gasteiger partial charge in [-0.3, -0.25) is 4.57 Å². The molecule has 4 nitrogen and oxygen atoms in total. The Bertz CT molecular complexity index is 2380. The van der Waals surface area contributed by atoms with Crippen molar-refractivity contribution < 1.29 is 5.11 Å². The van der Waals surface area contributed by atoms with Gasteiger partial charge in [-0.05, 0) is 88.3 Å². The van der Waals surface area contributed by atoms with Crippen molar-refractivity contribution in [3.8, 4) is 56.2 Å². The number of aromatic hydroxyl groups is 1. The van der Waals surface area contributed by atoms with E-state index < -0.39 is 0 Å². The first kappa shape index (κ1) is 29.4. The van der Waals surface area contributed by atoms with Crippen molar-refractivity contribution in [1.29, 1.82) is 0 Å². The van der Waals surface area contributed by atoms with Gasteiger partial charge in [-0.1, -0.05) is 106 Å². The summed E-state index contributed by atoms with van der Waals surface area (Å²) in [6.45, 7) is 6.59. The number of fused-ring (bicyclic) bond motifs is 3. The molecule has 0 unspecified atom stereocenters. The molecule has 0 atom stereocenters. The van der Waals surface area contributed by atoms with Gasteiger partial charge in [0.2, 0.25) is 0 Å². The Morgan fingerprint density at radius 3 is 1.96 bits per heavy atom. The van der Waals surface area contributed by atoms with Gasteiger partial charge in [-0.2, -0.15) is 0 Å². The summed E-state index contributed by atoms with van der Waals surface area (Å²) in [5.41, 5.74) is 11.2. The average Bonchev–Trinajstić information content (AvgIpc) is 3.46. The summed E-state index contributed by atoms with van der Waals surface area (Å²) >= 11 is 0. The van der Waals surface area contributed by atoms with Crippen LogP contribution in [0.25, 0.3) is 72.4 Å². The summed E-state index contributed by atoms with van der Waals surface area (Å²) in [5.74, 6) is 0.230. The molecular formula is C44H35N3O. The molecular weight excluding hydrogens is 587 g/mol. The van der Waals surface area contributed by atoms with E-state index in [-0.39, 0.29) is 11.2 Å². The van der Waals surface area contributed by atoms with E-state index in [1.54, 1.807) is 0 Å². The summed E-state index contributed by atoms with van der Waals surface area (Å²) in [5, 5.41) is 14.0. The molecule has 48 heavy (non-hydrogen) atoms. The van der Waals surface area contributed by atoms with E-state index in [4.69, 9.17) is 9.97 Å². The van der Waals surface area contributed by atoms with E-state index in [1.165, 1.54) is 0 Å². The van der Waals surface area contributed by atoms with E-state index in [0.717, 1.165) is 72.4 Å². The van der Waals surface area contributed by atoms with Gasteiger partial charge in [0.05, 0.1) is 16.9 Å². The SMILES string of the molecule is CC(C)(C)c1cc(-c2ccccc2)c(O)c(-c2cccc(-c3cc(-c4ccccc4)cc(-n4c5ccccc5c5cccnc54)c3)n2)c1. The summed E-state index contributed by atoms with van der Waals surface area (Å²) < 4.78 is 2.25. The fourth-order valence-electron chi connectivity index (χ4n) is 6.59. The first-order valence-electron chi connectivity index (χ1n) is 16.3. The summed E-state index contributed by atoms with van der Waals surface area (Å²) in [7, 11) is 0. The number of nitrogens with zero attached hydrogens (tertiary/aromatic N) is 3. The summed E-state index contributed by atoms with van der Waals surface area (Å²) in [6.07, 6.45) is 1.85. The van der Waals surface area contributed by atoms with Crippen LogP contribution >= 0.6 is 0 Å². The van der Waals surface area contributed by atoms with Crippen molar-refractivity contribution in [3.63, 3.8) is 0 Å². The van der Waals surface area contributed by atoms with E-state index in [1.807, 2.05) is 66.9 Å². The topological polar surface area (TPSA) is 50.9 Å². The molecule has 0 aliphatic heterocycles. The van der Waals surface area contributed by atoms with Crippen LogP contribution in [0.3, 0.4) is 0 Å². The lowest BCUT2D eigenvalue weighted by atomic mass is 9.83. The Hall–Kier alpha value is -6.00. The standard InChI is InChI=1S/C44H35N3O/c1-44(2,3)33-27-37(30-16-8-5-9-17-30)42(48)38(28-33)40-21-12-20-39(46-40)32-24-31(29-14-6-4-7-15-29)25-34(26-32)47-41-22-11-10-18-35(41)36-19-13-23-45-43(36)47/h4-28,48H,1-3H3. The zero-order valence-corrected chi connectivity index (χ0v) is 27.2. The minimum Gasteiger partial charge on any atom is -0.507 e. The van der Waals surface area contributed by atoms with Crippen molar-refractivity contribution in [2.45, 2.75) is 26.2 Å². The van der Waals surface area contributed by atoms with E-state index >= 15 is 0 Å². The second-order valence-electron chi connectivity index (χ2n) is 13.3. The van der Waals surface area contributed by atoms with Crippen molar-refractivity contribution in [1.82, 2.24) is 14.5 Å². The number of phenolic OH excluding ortho intramolecular Hbond substituents is 1. The van der Waals surface area contributed by atoms with Gasteiger partial charge in [0, 0.05) is 39.3 Å².